The highest BCUT2D eigenvalue weighted by Crippen LogP contribution is 2.27. The first-order valence-corrected chi connectivity index (χ1v) is 12.1. The van der Waals surface area contributed by atoms with Crippen LogP contribution in [0, 0.1) is 0 Å². The van der Waals surface area contributed by atoms with Crippen LogP contribution in [0.5, 0.6) is 0 Å². The van der Waals surface area contributed by atoms with Crippen molar-refractivity contribution in [1.29, 1.82) is 0 Å². The van der Waals surface area contributed by atoms with E-state index in [4.69, 9.17) is 16.3 Å². The molecule has 1 aromatic heterocycles. The molecule has 12 heteroatoms. The van der Waals surface area contributed by atoms with Crippen LogP contribution >= 0.6 is 34.7 Å². The summed E-state index contributed by atoms with van der Waals surface area (Å²) in [5.41, 5.74) is 0.912. The van der Waals surface area contributed by atoms with E-state index in [2.05, 4.69) is 10.3 Å². The van der Waals surface area contributed by atoms with Gasteiger partial charge in [-0.05, 0) is 25.1 Å². The van der Waals surface area contributed by atoms with Gasteiger partial charge in [-0.1, -0.05) is 23.4 Å². The largest absolute Gasteiger partial charge is 0.466 e. The number of aromatic nitrogens is 1. The molecule has 2 aromatic rings. The number of anilines is 1. The van der Waals surface area contributed by atoms with Gasteiger partial charge in [-0.2, -0.15) is 0 Å². The zero-order valence-corrected chi connectivity index (χ0v) is 19.2. The fourth-order valence-electron chi connectivity index (χ4n) is 2.10. The van der Waals surface area contributed by atoms with E-state index in [-0.39, 0.29) is 34.0 Å². The van der Waals surface area contributed by atoms with Gasteiger partial charge in [0, 0.05) is 25.2 Å². The van der Waals surface area contributed by atoms with Gasteiger partial charge in [0.2, 0.25) is 15.9 Å². The lowest BCUT2D eigenvalue weighted by Crippen LogP contribution is -2.23. The Bertz CT molecular complexity index is 992. The Morgan fingerprint density at radius 2 is 2.07 bits per heavy atom. The van der Waals surface area contributed by atoms with Crippen molar-refractivity contribution in [3.05, 3.63) is 34.3 Å². The number of hydrogen-bond acceptors (Lipinski definition) is 8. The molecule has 0 atom stereocenters. The van der Waals surface area contributed by atoms with Gasteiger partial charge in [0.25, 0.3) is 0 Å². The predicted molar refractivity (Wildman–Crippen MR) is 114 cm³/mol. The number of esters is 1. The van der Waals surface area contributed by atoms with Gasteiger partial charge >= 0.3 is 5.97 Å². The van der Waals surface area contributed by atoms with E-state index in [9.17, 15) is 18.0 Å². The number of nitrogens with one attached hydrogen (secondary N) is 1. The molecule has 0 aliphatic carbocycles. The van der Waals surface area contributed by atoms with Crippen molar-refractivity contribution in [3.8, 4) is 0 Å². The molecular formula is C17H20ClN3O5S3. The molecule has 8 nitrogen and oxygen atoms in total. The molecule has 0 saturated heterocycles. The van der Waals surface area contributed by atoms with Crippen molar-refractivity contribution >= 4 is 62.3 Å². The number of carbonyl (C=O) groups is 2. The highest BCUT2D eigenvalue weighted by Gasteiger charge is 2.21. The fraction of sp³-hybridized carbons (Fsp3) is 0.353. The summed E-state index contributed by atoms with van der Waals surface area (Å²) in [5, 5.41) is 4.46. The SMILES string of the molecule is CCOC(=O)Cc1csc(SCC(=O)Nc2ccc(Cl)c(S(=O)(=O)N(C)C)c2)n1. The average Bonchev–Trinajstić information content (AvgIpc) is 3.08. The van der Waals surface area contributed by atoms with Crippen LogP contribution in [0.2, 0.25) is 5.02 Å². The Morgan fingerprint density at radius 3 is 2.72 bits per heavy atom. The molecule has 158 valence electrons. The van der Waals surface area contributed by atoms with Crippen LogP contribution in [0.4, 0.5) is 5.69 Å². The number of benzene rings is 1. The van der Waals surface area contributed by atoms with Crippen molar-refractivity contribution in [1.82, 2.24) is 9.29 Å². The number of halogens is 1. The van der Waals surface area contributed by atoms with Crippen LogP contribution in [0.3, 0.4) is 0 Å². The van der Waals surface area contributed by atoms with Crippen molar-refractivity contribution < 1.29 is 22.7 Å². The standard InChI is InChI=1S/C17H20ClN3O5S3/c1-4-26-16(23)8-12-9-27-17(20-12)28-10-15(22)19-11-5-6-13(18)14(7-11)29(24,25)21(2)3/h5-7,9H,4,8,10H2,1-3H3,(H,19,22). The van der Waals surface area contributed by atoms with Crippen molar-refractivity contribution in [2.75, 3.05) is 31.8 Å². The third-order valence-corrected chi connectivity index (χ3v) is 7.83. The Kier molecular flexibility index (Phi) is 8.46. The first kappa shape index (κ1) is 23.6. The predicted octanol–water partition coefficient (Wildman–Crippen LogP) is 2.88. The quantitative estimate of drug-likeness (QED) is 0.437. The molecule has 1 heterocycles. The lowest BCUT2D eigenvalue weighted by Gasteiger charge is -2.14. The number of thiazole rings is 1. The van der Waals surface area contributed by atoms with Gasteiger partial charge in [0.15, 0.2) is 4.34 Å². The van der Waals surface area contributed by atoms with E-state index in [1.807, 2.05) is 0 Å². The van der Waals surface area contributed by atoms with Crippen LogP contribution in [0.1, 0.15) is 12.6 Å². The highest BCUT2D eigenvalue weighted by atomic mass is 35.5. The molecule has 1 aromatic carbocycles. The minimum absolute atomic E-state index is 0.0722. The van der Waals surface area contributed by atoms with Gasteiger partial charge in [0.1, 0.15) is 4.90 Å². The normalized spacial score (nSPS) is 11.5. The molecule has 29 heavy (non-hydrogen) atoms. The monoisotopic (exact) mass is 477 g/mol. The Hall–Kier alpha value is -1.66. The first-order valence-electron chi connectivity index (χ1n) is 8.38. The van der Waals surface area contributed by atoms with Crippen molar-refractivity contribution in [3.63, 3.8) is 0 Å². The van der Waals surface area contributed by atoms with Gasteiger partial charge < -0.3 is 10.1 Å². The molecule has 0 saturated carbocycles. The molecule has 2 rings (SSSR count). The maximum Gasteiger partial charge on any atom is 0.311 e. The second-order valence-electron chi connectivity index (χ2n) is 5.86. The van der Waals surface area contributed by atoms with Crippen molar-refractivity contribution in [2.45, 2.75) is 22.6 Å². The maximum absolute atomic E-state index is 12.3. The van der Waals surface area contributed by atoms with E-state index in [1.54, 1.807) is 12.3 Å². The summed E-state index contributed by atoms with van der Waals surface area (Å²) in [4.78, 5) is 27.9. The molecule has 0 radical (unpaired) electrons. The smallest absolute Gasteiger partial charge is 0.311 e. The highest BCUT2D eigenvalue weighted by molar-refractivity contribution is 8.01. The summed E-state index contributed by atoms with van der Waals surface area (Å²) < 4.78 is 31.2. The molecule has 0 unspecified atom stereocenters. The summed E-state index contributed by atoms with van der Waals surface area (Å²) in [7, 11) is -0.933. The molecule has 0 bridgehead atoms. The molecule has 1 N–H and O–H groups in total. The Balaban J connectivity index is 1.97. The number of amides is 1. The zero-order chi connectivity index (χ0) is 21.6. The first-order chi connectivity index (χ1) is 13.6. The number of sulfonamides is 1. The summed E-state index contributed by atoms with van der Waals surface area (Å²) in [6, 6.07) is 4.27. The molecule has 0 aliphatic heterocycles. The lowest BCUT2D eigenvalue weighted by molar-refractivity contribution is -0.142. The van der Waals surface area contributed by atoms with Gasteiger partial charge in [-0.3, -0.25) is 9.59 Å². The minimum Gasteiger partial charge on any atom is -0.466 e. The van der Waals surface area contributed by atoms with Crippen LogP contribution in [-0.2, 0) is 30.8 Å². The summed E-state index contributed by atoms with van der Waals surface area (Å²) in [5.74, 6) is -0.601. The number of thioether (sulfide) groups is 1. The van der Waals surface area contributed by atoms with Crippen LogP contribution in [-0.4, -0.2) is 56.0 Å². The number of nitrogens with zero attached hydrogens (tertiary/aromatic N) is 2. The Labute approximate surface area is 182 Å². The summed E-state index contributed by atoms with van der Waals surface area (Å²) in [6.07, 6.45) is 0.0883. The molecule has 1 amide bonds. The topological polar surface area (TPSA) is 106 Å². The molecule has 0 aliphatic rings. The van der Waals surface area contributed by atoms with Gasteiger partial charge in [-0.25, -0.2) is 17.7 Å². The molecular weight excluding hydrogens is 458 g/mol. The fourth-order valence-corrected chi connectivity index (χ4v) is 5.13. The second kappa shape index (κ2) is 10.4. The Morgan fingerprint density at radius 1 is 1.34 bits per heavy atom. The summed E-state index contributed by atoms with van der Waals surface area (Å²) in [6.45, 7) is 2.05. The van der Waals surface area contributed by atoms with Crippen LogP contribution in [0.15, 0.2) is 32.8 Å². The van der Waals surface area contributed by atoms with Crippen molar-refractivity contribution in [2.24, 2.45) is 0 Å². The molecule has 0 fully saturated rings. The third-order valence-electron chi connectivity index (χ3n) is 3.46. The lowest BCUT2D eigenvalue weighted by atomic mass is 10.3. The van der Waals surface area contributed by atoms with E-state index in [1.165, 1.54) is 55.4 Å². The molecule has 0 spiro atoms. The minimum atomic E-state index is -3.73. The van der Waals surface area contributed by atoms with E-state index >= 15 is 0 Å². The zero-order valence-electron chi connectivity index (χ0n) is 16.0. The summed E-state index contributed by atoms with van der Waals surface area (Å²) >= 11 is 8.55. The van der Waals surface area contributed by atoms with E-state index in [0.717, 1.165) is 4.31 Å². The second-order valence-corrected chi connectivity index (χ2v) is 10.5. The van der Waals surface area contributed by atoms with Crippen LogP contribution < -0.4 is 5.32 Å². The number of rotatable bonds is 9. The number of ether oxygens (including phenoxy) is 1. The number of carbonyl (C=O) groups excluding carboxylic acids is 2. The van der Waals surface area contributed by atoms with Gasteiger partial charge in [-0.15, -0.1) is 11.3 Å². The van der Waals surface area contributed by atoms with E-state index in [0.29, 0.717) is 22.3 Å². The van der Waals surface area contributed by atoms with Gasteiger partial charge in [0.05, 0.1) is 29.5 Å². The number of hydrogen-bond donors (Lipinski definition) is 1. The third kappa shape index (κ3) is 6.68. The average molecular weight is 478 g/mol. The maximum atomic E-state index is 12.3. The van der Waals surface area contributed by atoms with Crippen LogP contribution in [0.25, 0.3) is 0 Å². The van der Waals surface area contributed by atoms with E-state index < -0.39 is 10.0 Å².